The maximum Gasteiger partial charge on any atom is 0.0474 e. The van der Waals surface area contributed by atoms with Gasteiger partial charge in [-0.15, -0.1) is 0 Å². The summed E-state index contributed by atoms with van der Waals surface area (Å²) < 4.78 is 5.03. The summed E-state index contributed by atoms with van der Waals surface area (Å²) in [5, 5.41) is 0. The molecule has 0 spiro atoms. The van der Waals surface area contributed by atoms with Crippen LogP contribution in [0.1, 0.15) is 25.7 Å². The average Bonchev–Trinajstić information content (AvgIpc) is 2.32. The number of nitrogens with two attached hydrogens (primary N) is 1. The molecule has 1 rings (SSSR count). The van der Waals surface area contributed by atoms with E-state index in [-0.39, 0.29) is 0 Å². The van der Waals surface area contributed by atoms with Crippen LogP contribution in [0.25, 0.3) is 0 Å². The molecule has 13 heavy (non-hydrogen) atoms. The number of nitrogens with zero attached hydrogens (tertiary/aromatic N) is 1. The van der Waals surface area contributed by atoms with Crippen molar-refractivity contribution in [2.45, 2.75) is 31.7 Å². The number of hydrogen-bond acceptors (Lipinski definition) is 3. The zero-order valence-corrected chi connectivity index (χ0v) is 8.67. The molecule has 1 unspecified atom stereocenters. The number of rotatable bonds is 4. The van der Waals surface area contributed by atoms with Crippen LogP contribution in [0, 0.1) is 0 Å². The monoisotopic (exact) mass is 186 g/mol. The normalized spacial score (nSPS) is 25.8. The predicted molar refractivity (Wildman–Crippen MR) is 54.8 cm³/mol. The molecule has 0 amide bonds. The predicted octanol–water partition coefficient (Wildman–Crippen LogP) is 0.836. The summed E-state index contributed by atoms with van der Waals surface area (Å²) >= 11 is 0. The summed E-state index contributed by atoms with van der Waals surface area (Å²) in [6.45, 7) is 4.44. The summed E-state index contributed by atoms with van der Waals surface area (Å²) in [4.78, 5) is 2.51. The topological polar surface area (TPSA) is 38.5 Å². The van der Waals surface area contributed by atoms with Gasteiger partial charge in [-0.25, -0.2) is 0 Å². The lowest BCUT2D eigenvalue weighted by Gasteiger charge is -2.19. The fourth-order valence-electron chi connectivity index (χ4n) is 1.84. The Morgan fingerprint density at radius 2 is 2.23 bits per heavy atom. The highest BCUT2D eigenvalue weighted by Crippen LogP contribution is 2.09. The zero-order valence-electron chi connectivity index (χ0n) is 8.67. The quantitative estimate of drug-likeness (QED) is 0.661. The van der Waals surface area contributed by atoms with Crippen LogP contribution in [0.3, 0.4) is 0 Å². The Morgan fingerprint density at radius 3 is 3.00 bits per heavy atom. The Morgan fingerprint density at radius 1 is 1.38 bits per heavy atom. The molecule has 0 aromatic heterocycles. The molecule has 1 saturated heterocycles. The van der Waals surface area contributed by atoms with Crippen molar-refractivity contribution in [2.75, 3.05) is 33.4 Å². The van der Waals surface area contributed by atoms with E-state index in [0.717, 1.165) is 19.4 Å². The van der Waals surface area contributed by atoms with Crippen LogP contribution in [-0.4, -0.2) is 44.3 Å². The van der Waals surface area contributed by atoms with Crippen LogP contribution < -0.4 is 5.73 Å². The third-order valence-corrected chi connectivity index (χ3v) is 2.69. The Hall–Kier alpha value is -0.120. The van der Waals surface area contributed by atoms with E-state index in [1.54, 1.807) is 7.11 Å². The smallest absolute Gasteiger partial charge is 0.0474 e. The molecule has 0 aliphatic carbocycles. The average molecular weight is 186 g/mol. The van der Waals surface area contributed by atoms with Crippen LogP contribution in [0.5, 0.6) is 0 Å². The summed E-state index contributed by atoms with van der Waals surface area (Å²) in [5.41, 5.74) is 5.90. The highest BCUT2D eigenvalue weighted by atomic mass is 16.5. The minimum atomic E-state index is 0.437. The molecule has 1 aliphatic heterocycles. The number of methoxy groups -OCH3 is 1. The molecule has 0 aromatic carbocycles. The van der Waals surface area contributed by atoms with Crippen molar-refractivity contribution in [2.24, 2.45) is 5.73 Å². The SMILES string of the molecule is COCCCN1CCCC(N)CC1. The summed E-state index contributed by atoms with van der Waals surface area (Å²) in [6, 6.07) is 0.437. The largest absolute Gasteiger partial charge is 0.385 e. The molecule has 1 heterocycles. The first-order valence-corrected chi connectivity index (χ1v) is 5.30. The van der Waals surface area contributed by atoms with Crippen LogP contribution in [0.2, 0.25) is 0 Å². The lowest BCUT2D eigenvalue weighted by atomic mass is 10.1. The van der Waals surface area contributed by atoms with Crippen molar-refractivity contribution in [3.05, 3.63) is 0 Å². The molecule has 0 aromatic rings. The molecule has 3 heteroatoms. The van der Waals surface area contributed by atoms with E-state index in [1.807, 2.05) is 0 Å². The van der Waals surface area contributed by atoms with Crippen molar-refractivity contribution in [1.82, 2.24) is 4.90 Å². The highest BCUT2D eigenvalue weighted by molar-refractivity contribution is 4.71. The second-order valence-electron chi connectivity index (χ2n) is 3.88. The standard InChI is InChI=1S/C10H22N2O/c1-13-9-3-7-12-6-2-4-10(11)5-8-12/h10H,2-9,11H2,1H3. The molecule has 0 bridgehead atoms. The zero-order chi connectivity index (χ0) is 9.52. The van der Waals surface area contributed by atoms with Gasteiger partial charge < -0.3 is 15.4 Å². The van der Waals surface area contributed by atoms with Gasteiger partial charge in [-0.2, -0.15) is 0 Å². The molecule has 0 radical (unpaired) electrons. The van der Waals surface area contributed by atoms with Gasteiger partial charge in [0.05, 0.1) is 0 Å². The van der Waals surface area contributed by atoms with Gasteiger partial charge in [0.15, 0.2) is 0 Å². The van der Waals surface area contributed by atoms with Crippen LogP contribution in [0.15, 0.2) is 0 Å². The Balaban J connectivity index is 2.11. The summed E-state index contributed by atoms with van der Waals surface area (Å²) in [7, 11) is 1.76. The Labute approximate surface area is 81.2 Å². The van der Waals surface area contributed by atoms with Gasteiger partial charge in [-0.05, 0) is 38.8 Å². The lowest BCUT2D eigenvalue weighted by Crippen LogP contribution is -2.28. The Bertz CT molecular complexity index is 130. The van der Waals surface area contributed by atoms with Gasteiger partial charge in [0.2, 0.25) is 0 Å². The second-order valence-corrected chi connectivity index (χ2v) is 3.88. The highest BCUT2D eigenvalue weighted by Gasteiger charge is 2.12. The van der Waals surface area contributed by atoms with E-state index in [9.17, 15) is 0 Å². The third-order valence-electron chi connectivity index (χ3n) is 2.69. The number of likely N-dealkylation sites (tertiary alicyclic amines) is 1. The molecule has 3 nitrogen and oxygen atoms in total. The maximum absolute atomic E-state index is 5.90. The first-order valence-electron chi connectivity index (χ1n) is 5.30. The number of hydrogen-bond donors (Lipinski definition) is 1. The van der Waals surface area contributed by atoms with Crippen LogP contribution in [-0.2, 0) is 4.74 Å². The van der Waals surface area contributed by atoms with E-state index >= 15 is 0 Å². The van der Waals surface area contributed by atoms with Gasteiger partial charge >= 0.3 is 0 Å². The Kier molecular flexibility index (Phi) is 5.35. The molecule has 2 N–H and O–H groups in total. The van der Waals surface area contributed by atoms with E-state index in [1.165, 1.54) is 32.5 Å². The van der Waals surface area contributed by atoms with E-state index in [2.05, 4.69) is 4.90 Å². The van der Waals surface area contributed by atoms with Gasteiger partial charge in [0, 0.05) is 26.3 Å². The van der Waals surface area contributed by atoms with Crippen molar-refractivity contribution < 1.29 is 4.74 Å². The summed E-state index contributed by atoms with van der Waals surface area (Å²) in [6.07, 6.45) is 4.76. The molecule has 1 aliphatic rings. The van der Waals surface area contributed by atoms with Crippen molar-refractivity contribution in [3.8, 4) is 0 Å². The van der Waals surface area contributed by atoms with Gasteiger partial charge in [-0.3, -0.25) is 0 Å². The molecule has 1 atom stereocenters. The minimum Gasteiger partial charge on any atom is -0.385 e. The van der Waals surface area contributed by atoms with Crippen LogP contribution >= 0.6 is 0 Å². The fourth-order valence-corrected chi connectivity index (χ4v) is 1.84. The van der Waals surface area contributed by atoms with Crippen molar-refractivity contribution >= 4 is 0 Å². The van der Waals surface area contributed by atoms with Crippen molar-refractivity contribution in [1.29, 1.82) is 0 Å². The first kappa shape index (κ1) is 11.0. The summed E-state index contributed by atoms with van der Waals surface area (Å²) in [5.74, 6) is 0. The fraction of sp³-hybridized carbons (Fsp3) is 1.00. The molecule has 1 fully saturated rings. The van der Waals surface area contributed by atoms with Crippen molar-refractivity contribution in [3.63, 3.8) is 0 Å². The lowest BCUT2D eigenvalue weighted by molar-refractivity contribution is 0.173. The maximum atomic E-state index is 5.90. The molecular weight excluding hydrogens is 164 g/mol. The van der Waals surface area contributed by atoms with E-state index in [0.29, 0.717) is 6.04 Å². The number of ether oxygens (including phenoxy) is 1. The first-order chi connectivity index (χ1) is 6.33. The van der Waals surface area contributed by atoms with Gasteiger partial charge in [0.25, 0.3) is 0 Å². The third kappa shape index (κ3) is 4.60. The van der Waals surface area contributed by atoms with Gasteiger partial charge in [0.1, 0.15) is 0 Å². The van der Waals surface area contributed by atoms with Crippen LogP contribution in [0.4, 0.5) is 0 Å². The van der Waals surface area contributed by atoms with E-state index in [4.69, 9.17) is 10.5 Å². The minimum absolute atomic E-state index is 0.437. The molecular formula is C10H22N2O. The van der Waals surface area contributed by atoms with E-state index < -0.39 is 0 Å². The molecule has 78 valence electrons. The molecule has 0 saturated carbocycles. The second kappa shape index (κ2) is 6.35. The van der Waals surface area contributed by atoms with Gasteiger partial charge in [-0.1, -0.05) is 0 Å².